The van der Waals surface area contributed by atoms with Crippen LogP contribution in [-0.4, -0.2) is 124 Å². The second-order valence-electron chi connectivity index (χ2n) is 11.3. The van der Waals surface area contributed by atoms with Crippen molar-refractivity contribution in [3.05, 3.63) is 23.8 Å². The lowest BCUT2D eigenvalue weighted by Gasteiger charge is -2.40. The van der Waals surface area contributed by atoms with E-state index < -0.39 is 67.2 Å². The quantitative estimate of drug-likeness (QED) is 0.0773. The fourth-order valence-corrected chi connectivity index (χ4v) is 5.68. The topological polar surface area (TPSA) is 277 Å². The number of hydrogen-bond donors (Lipinski definition) is 12. The van der Waals surface area contributed by atoms with Crippen LogP contribution in [0, 0.1) is 0 Å². The Labute approximate surface area is 240 Å². The van der Waals surface area contributed by atoms with Crippen LogP contribution in [0.1, 0.15) is 44.9 Å². The fraction of sp³-hybridized carbons (Fsp3) is 0.846. The minimum Gasteiger partial charge on any atom is -0.481 e. The molecule has 2 saturated carbocycles. The lowest BCUT2D eigenvalue weighted by atomic mass is 9.85. The molecule has 3 aliphatic rings. The Morgan fingerprint density at radius 1 is 1.05 bits per heavy atom. The van der Waals surface area contributed by atoms with Crippen LogP contribution < -0.4 is 33.6 Å². The number of nitrogens with one attached hydrogen (secondary N) is 2. The van der Waals surface area contributed by atoms with E-state index in [1.54, 1.807) is 7.05 Å². The average molecular weight is 591 g/mol. The predicted octanol–water partition coefficient (Wildman–Crippen LogP) is -3.60. The highest BCUT2D eigenvalue weighted by Crippen LogP contribution is 2.26. The molecule has 3 fully saturated rings. The van der Waals surface area contributed by atoms with Gasteiger partial charge in [-0.2, -0.15) is 0 Å². The molecule has 11 atom stereocenters. The molecule has 15 heteroatoms. The maximum atomic E-state index is 10.7. The first kappa shape index (κ1) is 33.9. The number of aliphatic hydroxyl groups excluding tert-OH is 6. The summed E-state index contributed by atoms with van der Waals surface area (Å²) >= 11 is 0. The summed E-state index contributed by atoms with van der Waals surface area (Å²) in [5, 5.41) is 68.1. The molecular formula is C26H50N6O9. The van der Waals surface area contributed by atoms with Gasteiger partial charge in [-0.05, 0) is 51.6 Å². The van der Waals surface area contributed by atoms with Crippen LogP contribution >= 0.6 is 0 Å². The lowest BCUT2D eigenvalue weighted by Crippen LogP contribution is -2.62. The molecule has 0 aromatic heterocycles. The summed E-state index contributed by atoms with van der Waals surface area (Å²) in [5.74, 6) is -0.445. The van der Waals surface area contributed by atoms with E-state index in [9.17, 15) is 30.6 Å². The molecule has 0 aromatic rings. The van der Waals surface area contributed by atoms with E-state index in [1.807, 2.05) is 0 Å². The molecule has 1 saturated heterocycles. The van der Waals surface area contributed by atoms with Gasteiger partial charge in [0.1, 0.15) is 12.2 Å². The number of likely N-dealkylation sites (N-methyl/N-ethyl adjacent to an activating group) is 1. The van der Waals surface area contributed by atoms with Gasteiger partial charge in [0.05, 0.1) is 30.1 Å². The average Bonchev–Trinajstić information content (AvgIpc) is 2.91. The zero-order valence-corrected chi connectivity index (χ0v) is 23.5. The molecule has 0 amide bonds. The molecule has 41 heavy (non-hydrogen) atoms. The maximum Gasteiger partial charge on any atom is 0.276 e. The number of aliphatic hydroxyl groups is 6. The monoisotopic (exact) mass is 590 g/mol. The predicted molar refractivity (Wildman–Crippen MR) is 149 cm³/mol. The molecular weight excluding hydrogens is 540 g/mol. The molecule has 15 nitrogen and oxygen atoms in total. The third-order valence-corrected chi connectivity index (χ3v) is 8.11. The lowest BCUT2D eigenvalue weighted by molar-refractivity contribution is -0.218. The van der Waals surface area contributed by atoms with Gasteiger partial charge in [-0.15, -0.1) is 0 Å². The Hall–Kier alpha value is -1.60. The SMILES string of the molecule is CNC1C(O)C[C@H](/C=C(\N)[C@H](O)O[C@@H]2C(N)C[C@@H](N)C(O)C2O)OC1O/C(O)=C/[C@@H](CCO)NC1CCC(N)CC1. The summed E-state index contributed by atoms with van der Waals surface area (Å²) in [6.07, 6.45) is -1.50. The molecule has 0 radical (unpaired) electrons. The molecule has 0 bridgehead atoms. The van der Waals surface area contributed by atoms with Crippen molar-refractivity contribution in [3.63, 3.8) is 0 Å². The van der Waals surface area contributed by atoms with Gasteiger partial charge in [0, 0.05) is 49.3 Å². The molecule has 3 rings (SSSR count). The molecule has 2 aliphatic carbocycles. The second kappa shape index (κ2) is 15.7. The zero-order chi connectivity index (χ0) is 30.3. The van der Waals surface area contributed by atoms with Crippen molar-refractivity contribution >= 4 is 0 Å². The molecule has 16 N–H and O–H groups in total. The third kappa shape index (κ3) is 9.44. The first-order valence-corrected chi connectivity index (χ1v) is 14.3. The van der Waals surface area contributed by atoms with Gasteiger partial charge in [0.25, 0.3) is 5.95 Å². The van der Waals surface area contributed by atoms with E-state index >= 15 is 0 Å². The van der Waals surface area contributed by atoms with Gasteiger partial charge < -0.3 is 78.4 Å². The Bertz CT molecular complexity index is 861. The van der Waals surface area contributed by atoms with Crippen molar-refractivity contribution in [3.8, 4) is 0 Å². The number of ether oxygens (including phenoxy) is 3. The van der Waals surface area contributed by atoms with Crippen LogP contribution in [0.25, 0.3) is 0 Å². The normalized spacial score (nSPS) is 40.7. The van der Waals surface area contributed by atoms with E-state index in [0.29, 0.717) is 6.42 Å². The van der Waals surface area contributed by atoms with Crippen molar-refractivity contribution < 1.29 is 44.8 Å². The summed E-state index contributed by atoms with van der Waals surface area (Å²) in [6.45, 7) is -0.101. The van der Waals surface area contributed by atoms with E-state index in [4.69, 9.17) is 37.1 Å². The van der Waals surface area contributed by atoms with Gasteiger partial charge in [-0.25, -0.2) is 0 Å². The van der Waals surface area contributed by atoms with Crippen molar-refractivity contribution in [1.29, 1.82) is 0 Å². The molecule has 0 spiro atoms. The van der Waals surface area contributed by atoms with E-state index in [-0.39, 0.29) is 43.3 Å². The first-order valence-electron chi connectivity index (χ1n) is 14.3. The number of nitrogens with two attached hydrogens (primary N) is 4. The van der Waals surface area contributed by atoms with Crippen LogP contribution in [0.2, 0.25) is 0 Å². The summed E-state index contributed by atoms with van der Waals surface area (Å²) in [4.78, 5) is 0. The van der Waals surface area contributed by atoms with E-state index in [0.717, 1.165) is 25.7 Å². The van der Waals surface area contributed by atoms with Gasteiger partial charge >= 0.3 is 0 Å². The Morgan fingerprint density at radius 3 is 2.37 bits per heavy atom. The van der Waals surface area contributed by atoms with Gasteiger partial charge in [-0.1, -0.05) is 0 Å². The van der Waals surface area contributed by atoms with Crippen molar-refractivity contribution in [2.24, 2.45) is 22.9 Å². The highest BCUT2D eigenvalue weighted by molar-refractivity contribution is 5.08. The van der Waals surface area contributed by atoms with Crippen LogP contribution in [0.15, 0.2) is 23.8 Å². The van der Waals surface area contributed by atoms with Crippen LogP contribution in [0.4, 0.5) is 0 Å². The van der Waals surface area contributed by atoms with Gasteiger partial charge in [0.15, 0.2) is 6.29 Å². The Morgan fingerprint density at radius 2 is 1.73 bits per heavy atom. The van der Waals surface area contributed by atoms with Gasteiger partial charge in [-0.3, -0.25) is 0 Å². The summed E-state index contributed by atoms with van der Waals surface area (Å²) in [7, 11) is 1.61. The fourth-order valence-electron chi connectivity index (χ4n) is 5.68. The van der Waals surface area contributed by atoms with Crippen LogP contribution in [0.3, 0.4) is 0 Å². The van der Waals surface area contributed by atoms with Crippen molar-refractivity contribution in [2.45, 2.75) is 124 Å². The summed E-state index contributed by atoms with van der Waals surface area (Å²) in [6, 6.07) is -2.16. The van der Waals surface area contributed by atoms with Crippen LogP contribution in [-0.2, 0) is 14.2 Å². The maximum absolute atomic E-state index is 10.7. The molecule has 238 valence electrons. The smallest absolute Gasteiger partial charge is 0.276 e. The Kier molecular flexibility index (Phi) is 13.0. The minimum absolute atomic E-state index is 0.0842. The third-order valence-electron chi connectivity index (χ3n) is 8.11. The second-order valence-corrected chi connectivity index (χ2v) is 11.3. The zero-order valence-electron chi connectivity index (χ0n) is 23.5. The van der Waals surface area contributed by atoms with Gasteiger partial charge in [0.2, 0.25) is 6.29 Å². The standard InChI is InChI=1S/C26H50N6O9/c1-31-21-19(34)10-15(9-18(30)25(38)41-24-17(29)11-16(28)22(36)23(24)37)39-26(21)40-20(35)8-14(6-7-33)32-13-4-2-12(27)3-5-13/h8-9,12-17,19,21-26,31-38H,2-7,10-11,27-30H2,1H3/b18-9-,20-8+/t12?,13?,14-,15+,16-,17?,19?,21?,22?,23?,24-,25-,26?/m1/s1. The number of rotatable bonds is 12. The van der Waals surface area contributed by atoms with E-state index in [2.05, 4.69) is 10.6 Å². The highest BCUT2D eigenvalue weighted by atomic mass is 16.7. The molecule has 1 aliphatic heterocycles. The largest absolute Gasteiger partial charge is 0.481 e. The highest BCUT2D eigenvalue weighted by Gasteiger charge is 2.43. The van der Waals surface area contributed by atoms with E-state index in [1.165, 1.54) is 12.2 Å². The number of hydrogen-bond acceptors (Lipinski definition) is 15. The summed E-state index contributed by atoms with van der Waals surface area (Å²) in [5.41, 5.74) is 23.6. The van der Waals surface area contributed by atoms with Crippen molar-refractivity contribution in [2.75, 3.05) is 13.7 Å². The molecule has 1 heterocycles. The minimum atomic E-state index is -1.70. The first-order chi connectivity index (χ1) is 19.4. The van der Waals surface area contributed by atoms with Crippen LogP contribution in [0.5, 0.6) is 0 Å². The molecule has 0 aromatic carbocycles. The Balaban J connectivity index is 1.64. The molecule has 6 unspecified atom stereocenters. The van der Waals surface area contributed by atoms with Crippen molar-refractivity contribution in [1.82, 2.24) is 10.6 Å². The summed E-state index contributed by atoms with van der Waals surface area (Å²) < 4.78 is 17.1.